The van der Waals surface area contributed by atoms with Crippen LogP contribution in [0.25, 0.3) is 0 Å². The van der Waals surface area contributed by atoms with Crippen molar-refractivity contribution in [3.8, 4) is 0 Å². The molecule has 1 fully saturated rings. The van der Waals surface area contributed by atoms with Crippen LogP contribution in [0.3, 0.4) is 0 Å². The molecule has 0 amide bonds. The molecule has 1 aliphatic rings. The molecule has 2 rings (SSSR count). The van der Waals surface area contributed by atoms with Crippen LogP contribution in [0.15, 0.2) is 0 Å². The lowest BCUT2D eigenvalue weighted by molar-refractivity contribution is 0.211. The van der Waals surface area contributed by atoms with Gasteiger partial charge < -0.3 is 5.32 Å². The molecule has 1 N–H and O–H groups in total. The van der Waals surface area contributed by atoms with Gasteiger partial charge in [-0.05, 0) is 52.7 Å². The predicted molar refractivity (Wildman–Crippen MR) is 84.3 cm³/mol. The molecule has 1 aromatic heterocycles. The maximum atomic E-state index is 6.50. The molecule has 2 heterocycles. The van der Waals surface area contributed by atoms with E-state index in [2.05, 4.69) is 40.9 Å². The van der Waals surface area contributed by atoms with E-state index >= 15 is 0 Å². The van der Waals surface area contributed by atoms with Gasteiger partial charge in [-0.3, -0.25) is 9.58 Å². The average molecular weight is 299 g/mol. The largest absolute Gasteiger partial charge is 0.317 e. The molecule has 5 heteroatoms. The van der Waals surface area contributed by atoms with Crippen molar-refractivity contribution < 1.29 is 0 Å². The summed E-state index contributed by atoms with van der Waals surface area (Å²) in [6, 6.07) is 0.645. The summed E-state index contributed by atoms with van der Waals surface area (Å²) in [5.41, 5.74) is 2.20. The van der Waals surface area contributed by atoms with Crippen LogP contribution < -0.4 is 5.32 Å². The van der Waals surface area contributed by atoms with Crippen molar-refractivity contribution in [2.75, 3.05) is 20.1 Å². The molecule has 1 atom stereocenters. The van der Waals surface area contributed by atoms with Gasteiger partial charge in [0.05, 0.1) is 16.4 Å². The second-order valence-corrected chi connectivity index (χ2v) is 6.00. The van der Waals surface area contributed by atoms with Crippen LogP contribution in [0.5, 0.6) is 0 Å². The number of aromatic nitrogens is 2. The average Bonchev–Trinajstić information content (AvgIpc) is 2.65. The molecular formula is C15H27ClN4. The lowest BCUT2D eigenvalue weighted by Crippen LogP contribution is -2.32. The number of hydrogen-bond acceptors (Lipinski definition) is 3. The zero-order valence-corrected chi connectivity index (χ0v) is 13.7. The van der Waals surface area contributed by atoms with Gasteiger partial charge in [-0.15, -0.1) is 0 Å². The first-order valence-corrected chi connectivity index (χ1v) is 8.20. The quantitative estimate of drug-likeness (QED) is 0.907. The summed E-state index contributed by atoms with van der Waals surface area (Å²) >= 11 is 6.50. The standard InChI is InChI=1S/C15H27ClN4/c1-4-13-15(16)14(20(5-2)18-13)11-19(3)12-7-6-9-17-10-8-12/h12,17H,4-11H2,1-3H3. The zero-order valence-electron chi connectivity index (χ0n) is 13.0. The monoisotopic (exact) mass is 298 g/mol. The Morgan fingerprint density at radius 1 is 1.35 bits per heavy atom. The van der Waals surface area contributed by atoms with Gasteiger partial charge in [-0.25, -0.2) is 0 Å². The van der Waals surface area contributed by atoms with E-state index in [0.717, 1.165) is 43.3 Å². The third kappa shape index (κ3) is 3.54. The summed E-state index contributed by atoms with van der Waals surface area (Å²) in [5, 5.41) is 8.95. The van der Waals surface area contributed by atoms with Crippen molar-refractivity contribution >= 4 is 11.6 Å². The molecule has 1 aromatic rings. The zero-order chi connectivity index (χ0) is 14.5. The van der Waals surface area contributed by atoms with Crippen molar-refractivity contribution in [1.29, 1.82) is 0 Å². The lowest BCUT2D eigenvalue weighted by atomic mass is 10.1. The summed E-state index contributed by atoms with van der Waals surface area (Å²) in [4.78, 5) is 2.45. The molecule has 0 spiro atoms. The molecule has 0 saturated carbocycles. The second-order valence-electron chi connectivity index (χ2n) is 5.63. The van der Waals surface area contributed by atoms with Gasteiger partial charge in [0.15, 0.2) is 0 Å². The van der Waals surface area contributed by atoms with E-state index in [-0.39, 0.29) is 0 Å². The molecule has 20 heavy (non-hydrogen) atoms. The van der Waals surface area contributed by atoms with Crippen LogP contribution in [0.1, 0.15) is 44.5 Å². The van der Waals surface area contributed by atoms with Crippen molar-refractivity contribution in [1.82, 2.24) is 20.0 Å². The molecule has 1 saturated heterocycles. The van der Waals surface area contributed by atoms with Gasteiger partial charge in [0.2, 0.25) is 0 Å². The summed E-state index contributed by atoms with van der Waals surface area (Å²) in [5.74, 6) is 0. The first kappa shape index (κ1) is 15.8. The fourth-order valence-corrected chi connectivity index (χ4v) is 3.30. The maximum absolute atomic E-state index is 6.50. The Kier molecular flexibility index (Phi) is 5.87. The summed E-state index contributed by atoms with van der Waals surface area (Å²) in [6.45, 7) is 8.29. The van der Waals surface area contributed by atoms with Gasteiger partial charge in [0, 0.05) is 19.1 Å². The summed E-state index contributed by atoms with van der Waals surface area (Å²) in [7, 11) is 2.21. The predicted octanol–water partition coefficient (Wildman–Crippen LogP) is 2.69. The van der Waals surface area contributed by atoms with Gasteiger partial charge in [-0.2, -0.15) is 5.10 Å². The molecule has 114 valence electrons. The SMILES string of the molecule is CCc1nn(CC)c(CN(C)C2CCCNCC2)c1Cl. The Morgan fingerprint density at radius 3 is 2.85 bits per heavy atom. The van der Waals surface area contributed by atoms with Crippen LogP contribution in [-0.4, -0.2) is 40.9 Å². The van der Waals surface area contributed by atoms with Crippen LogP contribution in [0, 0.1) is 0 Å². The molecular weight excluding hydrogens is 272 g/mol. The van der Waals surface area contributed by atoms with Crippen LogP contribution in [-0.2, 0) is 19.5 Å². The molecule has 0 bridgehead atoms. The van der Waals surface area contributed by atoms with Crippen LogP contribution in [0.4, 0.5) is 0 Å². The number of nitrogens with zero attached hydrogens (tertiary/aromatic N) is 3. The minimum absolute atomic E-state index is 0.645. The highest BCUT2D eigenvalue weighted by atomic mass is 35.5. The highest BCUT2D eigenvalue weighted by Gasteiger charge is 2.21. The Morgan fingerprint density at radius 2 is 2.15 bits per heavy atom. The minimum atomic E-state index is 0.645. The minimum Gasteiger partial charge on any atom is -0.317 e. The third-order valence-corrected chi connectivity index (χ3v) is 4.70. The lowest BCUT2D eigenvalue weighted by Gasteiger charge is -2.27. The highest BCUT2D eigenvalue weighted by Crippen LogP contribution is 2.24. The van der Waals surface area contributed by atoms with Crippen molar-refractivity contribution in [2.24, 2.45) is 0 Å². The fourth-order valence-electron chi connectivity index (χ4n) is 2.98. The number of halogens is 1. The van der Waals surface area contributed by atoms with E-state index in [9.17, 15) is 0 Å². The molecule has 0 aliphatic carbocycles. The van der Waals surface area contributed by atoms with Crippen LogP contribution in [0.2, 0.25) is 5.02 Å². The van der Waals surface area contributed by atoms with Crippen molar-refractivity contribution in [3.63, 3.8) is 0 Å². The maximum Gasteiger partial charge on any atom is 0.0863 e. The summed E-state index contributed by atoms with van der Waals surface area (Å²) < 4.78 is 2.06. The topological polar surface area (TPSA) is 33.1 Å². The molecule has 0 radical (unpaired) electrons. The number of nitrogens with one attached hydrogen (secondary N) is 1. The van der Waals surface area contributed by atoms with Gasteiger partial charge >= 0.3 is 0 Å². The number of rotatable bonds is 5. The summed E-state index contributed by atoms with van der Waals surface area (Å²) in [6.07, 6.45) is 4.64. The first-order valence-electron chi connectivity index (χ1n) is 7.82. The molecule has 1 unspecified atom stereocenters. The van der Waals surface area contributed by atoms with E-state index in [0.29, 0.717) is 6.04 Å². The van der Waals surface area contributed by atoms with E-state index < -0.39 is 0 Å². The third-order valence-electron chi connectivity index (χ3n) is 4.26. The smallest absolute Gasteiger partial charge is 0.0863 e. The van der Waals surface area contributed by atoms with E-state index in [1.54, 1.807) is 0 Å². The Labute approximate surface area is 127 Å². The van der Waals surface area contributed by atoms with Crippen molar-refractivity contribution in [3.05, 3.63) is 16.4 Å². The van der Waals surface area contributed by atoms with E-state index in [4.69, 9.17) is 11.6 Å². The highest BCUT2D eigenvalue weighted by molar-refractivity contribution is 6.31. The molecule has 0 aromatic carbocycles. The Hall–Kier alpha value is -0.580. The molecule has 1 aliphatic heterocycles. The van der Waals surface area contributed by atoms with Crippen molar-refractivity contribution in [2.45, 2.75) is 58.7 Å². The normalized spacial score (nSPS) is 20.4. The fraction of sp³-hybridized carbons (Fsp3) is 0.800. The van der Waals surface area contributed by atoms with Gasteiger partial charge in [0.1, 0.15) is 0 Å². The van der Waals surface area contributed by atoms with E-state index in [1.807, 2.05) is 0 Å². The van der Waals surface area contributed by atoms with E-state index in [1.165, 1.54) is 25.0 Å². The Bertz CT molecular complexity index is 422. The van der Waals surface area contributed by atoms with Gasteiger partial charge in [-0.1, -0.05) is 18.5 Å². The van der Waals surface area contributed by atoms with Crippen LogP contribution >= 0.6 is 11.6 Å². The number of aryl methyl sites for hydroxylation is 2. The Balaban J connectivity index is 2.09. The number of hydrogen-bond donors (Lipinski definition) is 1. The first-order chi connectivity index (χ1) is 9.67. The van der Waals surface area contributed by atoms with Gasteiger partial charge in [0.25, 0.3) is 0 Å². The second kappa shape index (κ2) is 7.43. The molecule has 4 nitrogen and oxygen atoms in total.